The molecule has 15 heteroatoms. The number of hydrogen-bond donors (Lipinski definition) is 0. The molecule has 0 atom stereocenters. The quantitative estimate of drug-likeness (QED) is 0.0240. The van der Waals surface area contributed by atoms with Gasteiger partial charge in [0.2, 0.25) is 0 Å². The second-order valence-electron chi connectivity index (χ2n) is 29.4. The Hall–Kier alpha value is -3.70. The summed E-state index contributed by atoms with van der Waals surface area (Å²) < 4.78 is 7.96. The van der Waals surface area contributed by atoms with E-state index in [1.165, 1.54) is 107 Å². The van der Waals surface area contributed by atoms with Crippen LogP contribution in [0, 0.1) is 65.0 Å². The maximum absolute atomic E-state index is 10.7. The van der Waals surface area contributed by atoms with Crippen molar-refractivity contribution in [3.63, 3.8) is 0 Å². The van der Waals surface area contributed by atoms with Crippen molar-refractivity contribution in [2.24, 2.45) is 0 Å². The van der Waals surface area contributed by atoms with Crippen molar-refractivity contribution in [3.05, 3.63) is 199 Å². The maximum atomic E-state index is 10.7. The van der Waals surface area contributed by atoms with Crippen LogP contribution in [-0.2, 0) is 27.0 Å². The number of nitro benzene ring substituents is 1. The van der Waals surface area contributed by atoms with Crippen molar-refractivity contribution in [2.45, 2.75) is 254 Å². The van der Waals surface area contributed by atoms with E-state index in [0.717, 1.165) is 31.7 Å². The van der Waals surface area contributed by atoms with Crippen molar-refractivity contribution in [2.75, 3.05) is 45.8 Å². The summed E-state index contributed by atoms with van der Waals surface area (Å²) in [6.45, 7) is 44.3. The van der Waals surface area contributed by atoms with E-state index in [9.17, 15) is 10.1 Å². The fourth-order valence-electron chi connectivity index (χ4n) is 15.7. The Balaban J connectivity index is 0.000000178. The van der Waals surface area contributed by atoms with E-state index in [1.807, 2.05) is 48.8 Å². The van der Waals surface area contributed by atoms with Crippen molar-refractivity contribution >= 4 is 84.3 Å². The minimum absolute atomic E-state index is 0.0164. The van der Waals surface area contributed by atoms with Crippen LogP contribution in [0.3, 0.4) is 0 Å². The first kappa shape index (κ1) is 81.6. The van der Waals surface area contributed by atoms with E-state index >= 15 is 0 Å². The molecule has 0 unspecified atom stereocenters. The number of rotatable bonds is 16. The Labute approximate surface area is 620 Å². The molecule has 0 amide bonds. The number of benzene rings is 6. The summed E-state index contributed by atoms with van der Waals surface area (Å²) in [7, 11) is 22.9. The minimum atomic E-state index is -2.03. The normalized spacial score (nSPS) is 16.5. The Kier molecular flexibility index (Phi) is 33.6. The van der Waals surface area contributed by atoms with Gasteiger partial charge < -0.3 is 19.6 Å². The molecule has 5 aliphatic rings. The second-order valence-corrected chi connectivity index (χ2v) is 44.3. The van der Waals surface area contributed by atoms with Crippen LogP contribution < -0.4 is 19.6 Å². The molecule has 5 fully saturated rings. The topological polar surface area (TPSA) is 68.9 Å². The molecule has 0 radical (unpaired) electrons. The number of ether oxygens (including phenoxy) is 1. The molecule has 6 aromatic rings. The molecule has 6 aromatic carbocycles. The van der Waals surface area contributed by atoms with Crippen LogP contribution in [0.4, 0.5) is 28.4 Å². The third-order valence-electron chi connectivity index (χ3n) is 19.9. The van der Waals surface area contributed by atoms with Gasteiger partial charge in [0, 0.05) is 56.9 Å². The summed E-state index contributed by atoms with van der Waals surface area (Å²) in [5.74, 6) is 2.74. The van der Waals surface area contributed by atoms with Gasteiger partial charge in [-0.15, -0.1) is 0 Å². The molecule has 2 heterocycles. The van der Waals surface area contributed by atoms with E-state index < -0.39 is 32.0 Å². The molecular weight excluding hydrogens is 1490 g/mol. The van der Waals surface area contributed by atoms with E-state index in [2.05, 4.69) is 195 Å². The van der Waals surface area contributed by atoms with Gasteiger partial charge in [-0.1, -0.05) is 146 Å². The zero-order valence-corrected chi connectivity index (χ0v) is 69.5. The van der Waals surface area contributed by atoms with Crippen molar-refractivity contribution in [1.29, 1.82) is 0 Å². The second kappa shape index (κ2) is 40.4. The van der Waals surface area contributed by atoms with Crippen LogP contribution in [0.15, 0.2) is 109 Å². The van der Waals surface area contributed by atoms with Crippen LogP contribution in [-0.4, -0.2) is 68.1 Å². The average Bonchev–Trinajstić information content (AvgIpc) is 1.57. The van der Waals surface area contributed by atoms with Gasteiger partial charge in [0.25, 0.3) is 0 Å². The first-order valence-electron chi connectivity index (χ1n) is 36.5. The number of hydrogen-bond acceptors (Lipinski definition) is 6. The number of non-ortho nitro benzene ring substituents is 1. The zero-order valence-electron chi connectivity index (χ0n) is 62.0. The van der Waals surface area contributed by atoms with Crippen LogP contribution >= 0.6 is 46.7 Å². The van der Waals surface area contributed by atoms with Crippen LogP contribution in [0.25, 0.3) is 0 Å². The summed E-state index contributed by atoms with van der Waals surface area (Å²) in [5.41, 5.74) is 25.0. The van der Waals surface area contributed by atoms with Gasteiger partial charge in [0.05, 0.1) is 17.0 Å². The molecule has 0 aromatic heterocycles. The van der Waals surface area contributed by atoms with E-state index in [0.29, 0.717) is 35.0 Å². The molecule has 2 aliphatic heterocycles. The molecule has 542 valence electrons. The third-order valence-corrected chi connectivity index (χ3v) is 28.1. The summed E-state index contributed by atoms with van der Waals surface area (Å²) in [5, 5.41) is 10.7. The zero-order chi connectivity index (χ0) is 71.3. The average molecular weight is 1610 g/mol. The molecular formula is C83H118Cl4N5O3PRu2. The number of aliphatic hydroxyl groups is 1. The van der Waals surface area contributed by atoms with Crippen LogP contribution in [0.5, 0.6) is 5.75 Å². The predicted octanol–water partition coefficient (Wildman–Crippen LogP) is 24.9. The molecule has 0 spiro atoms. The molecule has 3 aliphatic carbocycles. The summed E-state index contributed by atoms with van der Waals surface area (Å²) in [4.78, 5) is 20.1. The Morgan fingerprint density at radius 3 is 1.10 bits per heavy atom. The fraction of sp³-hybridized carbons (Fsp3) is 0.518. The van der Waals surface area contributed by atoms with E-state index in [4.69, 9.17) is 38.8 Å². The number of halogens is 4. The van der Waals surface area contributed by atoms with E-state index in [-0.39, 0.29) is 19.7 Å². The molecule has 3 saturated carbocycles. The van der Waals surface area contributed by atoms with Gasteiger partial charge >= 0.3 is 186 Å². The number of nitro groups is 1. The van der Waals surface area contributed by atoms with Crippen molar-refractivity contribution < 1.29 is 36.7 Å². The third kappa shape index (κ3) is 23.9. The Bertz CT molecular complexity index is 3280. The molecule has 1 N–H and O–H groups in total. The summed E-state index contributed by atoms with van der Waals surface area (Å²) in [6.07, 6.45) is 23.9. The van der Waals surface area contributed by atoms with Gasteiger partial charge in [-0.2, -0.15) is 13.3 Å². The van der Waals surface area contributed by atoms with Crippen LogP contribution in [0.1, 0.15) is 256 Å². The van der Waals surface area contributed by atoms with Crippen molar-refractivity contribution in [1.82, 2.24) is 0 Å². The number of nitrogens with zero attached hydrogens (tertiary/aromatic N) is 5. The molecule has 11 rings (SSSR count). The van der Waals surface area contributed by atoms with E-state index in [1.54, 1.807) is 107 Å². The molecule has 98 heavy (non-hydrogen) atoms. The Morgan fingerprint density at radius 2 is 0.796 bits per heavy atom. The number of para-hydroxylation sites is 2. The monoisotopic (exact) mass is 1610 g/mol. The van der Waals surface area contributed by atoms with Gasteiger partial charge in [-0.25, -0.2) is 0 Å². The van der Waals surface area contributed by atoms with Gasteiger partial charge in [0.15, 0.2) is 0 Å². The number of anilines is 4. The first-order chi connectivity index (χ1) is 46.7. The van der Waals surface area contributed by atoms with Crippen molar-refractivity contribution in [3.8, 4) is 5.75 Å². The first-order valence-corrected chi connectivity index (χ1v) is 49.2. The molecule has 2 saturated heterocycles. The molecule has 8 nitrogen and oxygen atoms in total. The van der Waals surface area contributed by atoms with Gasteiger partial charge in [0.1, 0.15) is 0 Å². The fourth-order valence-corrected chi connectivity index (χ4v) is 24.6. The summed E-state index contributed by atoms with van der Waals surface area (Å²) >= 11 is -3.64. The Morgan fingerprint density at radius 1 is 0.459 bits per heavy atom. The van der Waals surface area contributed by atoms with Crippen LogP contribution in [0.2, 0.25) is 0 Å². The number of aromatic hydroxyl groups is 1. The van der Waals surface area contributed by atoms with Gasteiger partial charge in [-0.05, 0) is 187 Å². The predicted molar refractivity (Wildman–Crippen MR) is 428 cm³/mol. The summed E-state index contributed by atoms with van der Waals surface area (Å²) in [6, 6.07) is 37.2. The standard InChI is InChI=1S/C27H39N2.C21H27N2.C18H33P.C10H11NO3.C7H6.4ClH.2Ru/c1-18(2)22-11-9-12-23(19(3)4)26(22)28-15-16-29(17-28)27-24(20(5)6)13-10-14-25(27)21(7)8;1-14-9-16(3)20(17(4)10-14)22-7-8-23(13-22)21-18(5)11-15(2)12-19(21)6;1-4-10-16(11-5-1)19(17-12-6-2-7-13-17)18-14-8-3-9-15-18;1-7(2)14-10-5-4-9(11(12)13)6-8(10)3;1-7-5-3-2-4-6-7;;;;;;/h9-14,17-21H,15-16H2,1-8H3;9-13H,7-8H2,1-6H3;16-18H,1-15H2;3-7H,1-2H3;1-6H;4*1H;;/q2*-1;;;;;;;;2*+2/p-2. The SMILES string of the molecule is C1CCC([PH+](C2CCCCC2)C2CCCCC2)CC1.CC(C)[OH+]c1ccc([N+](=O)[O-])cc1[CH]=[Ru]([Cl])[Cl].CC(C)c1cccc(C(C)C)c1N1[CH-]N(c2c(C(C)C)cccc2C(C)C)CC1.Cc1cc(C)c(N2[CH-]N(c3c(C)cc(C)cc3C)CC2)c(C)c1.[Cl][Ru]([Cl])=[CH]c1ccccc1. The van der Waals surface area contributed by atoms with Gasteiger partial charge in [-0.3, -0.25) is 0 Å². The number of aryl methyl sites for hydroxylation is 6. The molecule has 0 bridgehead atoms.